The fraction of sp³-hybridized carbons (Fsp3) is 0.200. The first-order valence-corrected chi connectivity index (χ1v) is 7.33. The van der Waals surface area contributed by atoms with Crippen LogP contribution in [0.3, 0.4) is 0 Å². The van der Waals surface area contributed by atoms with E-state index in [-0.39, 0.29) is 18.6 Å². The second-order valence-corrected chi connectivity index (χ2v) is 5.76. The average molecular weight is 343 g/mol. The Labute approximate surface area is 133 Å². The first-order valence-electron chi connectivity index (χ1n) is 6.52. The Kier molecular flexibility index (Phi) is 5.05. The fourth-order valence-electron chi connectivity index (χ4n) is 1.95. The number of oxime groups is 1. The summed E-state index contributed by atoms with van der Waals surface area (Å²) in [5.41, 5.74) is 1.33. The minimum atomic E-state index is -4.36. The standard InChI is InChI=1S/C15H12F3NO3S/c16-15(17,18)13-7-6-12(23-13)10-3-1-9(2-4-10)11(19-22)5-8-14(20)21/h1-4,6-7,22H,5,8H2,(H,20,21). The number of carboxylic acid groups (broad SMARTS) is 1. The summed E-state index contributed by atoms with van der Waals surface area (Å²) in [6.07, 6.45) is -4.49. The molecule has 2 N–H and O–H groups in total. The topological polar surface area (TPSA) is 69.9 Å². The van der Waals surface area contributed by atoms with Gasteiger partial charge in [0.2, 0.25) is 0 Å². The van der Waals surface area contributed by atoms with E-state index >= 15 is 0 Å². The van der Waals surface area contributed by atoms with Crippen LogP contribution >= 0.6 is 11.3 Å². The maximum Gasteiger partial charge on any atom is 0.425 e. The summed E-state index contributed by atoms with van der Waals surface area (Å²) in [7, 11) is 0. The van der Waals surface area contributed by atoms with Crippen molar-refractivity contribution in [1.29, 1.82) is 0 Å². The smallest absolute Gasteiger partial charge is 0.425 e. The lowest BCUT2D eigenvalue weighted by Gasteiger charge is -2.05. The number of hydrogen-bond acceptors (Lipinski definition) is 4. The molecule has 122 valence electrons. The lowest BCUT2D eigenvalue weighted by atomic mass is 10.0. The summed E-state index contributed by atoms with van der Waals surface area (Å²) in [6, 6.07) is 8.80. The van der Waals surface area contributed by atoms with Crippen LogP contribution in [-0.2, 0) is 11.0 Å². The third-order valence-electron chi connectivity index (χ3n) is 3.08. The molecule has 0 saturated carbocycles. The molecule has 1 heterocycles. The molecule has 0 amide bonds. The van der Waals surface area contributed by atoms with Crippen LogP contribution < -0.4 is 0 Å². The number of rotatable bonds is 5. The predicted molar refractivity (Wildman–Crippen MR) is 80.0 cm³/mol. The van der Waals surface area contributed by atoms with Gasteiger partial charge in [-0.15, -0.1) is 11.3 Å². The molecule has 0 bridgehead atoms. The van der Waals surface area contributed by atoms with Crippen LogP contribution in [-0.4, -0.2) is 22.0 Å². The molecule has 0 fully saturated rings. The van der Waals surface area contributed by atoms with Crippen molar-refractivity contribution < 1.29 is 28.3 Å². The molecule has 0 atom stereocenters. The van der Waals surface area contributed by atoms with Crippen LogP contribution in [0.1, 0.15) is 23.3 Å². The molecular formula is C15H12F3NO3S. The molecule has 2 rings (SSSR count). The number of nitrogens with zero attached hydrogens (tertiary/aromatic N) is 1. The lowest BCUT2D eigenvalue weighted by molar-refractivity contribution is -0.137. The molecule has 0 saturated heterocycles. The van der Waals surface area contributed by atoms with E-state index in [1.54, 1.807) is 24.3 Å². The first-order chi connectivity index (χ1) is 10.8. The number of carbonyl (C=O) groups is 1. The Morgan fingerprint density at radius 1 is 1.09 bits per heavy atom. The molecule has 8 heteroatoms. The van der Waals surface area contributed by atoms with Crippen LogP contribution in [0.5, 0.6) is 0 Å². The number of alkyl halides is 3. The highest BCUT2D eigenvalue weighted by molar-refractivity contribution is 7.15. The fourth-order valence-corrected chi connectivity index (χ4v) is 2.83. The Morgan fingerprint density at radius 2 is 1.74 bits per heavy atom. The van der Waals surface area contributed by atoms with E-state index in [2.05, 4.69) is 5.16 Å². The van der Waals surface area contributed by atoms with Crippen molar-refractivity contribution in [3.05, 3.63) is 46.8 Å². The quantitative estimate of drug-likeness (QED) is 0.478. The third-order valence-corrected chi connectivity index (χ3v) is 4.26. The summed E-state index contributed by atoms with van der Waals surface area (Å²) in [5, 5.41) is 20.7. The SMILES string of the molecule is O=C(O)CCC(=NO)c1ccc(-c2ccc(C(F)(F)F)s2)cc1. The van der Waals surface area contributed by atoms with Gasteiger partial charge in [0.15, 0.2) is 0 Å². The maximum atomic E-state index is 12.6. The van der Waals surface area contributed by atoms with E-state index in [1.165, 1.54) is 6.07 Å². The zero-order valence-electron chi connectivity index (χ0n) is 11.7. The summed E-state index contributed by atoms with van der Waals surface area (Å²) < 4.78 is 37.8. The minimum absolute atomic E-state index is 0.0579. The molecule has 0 unspecified atom stereocenters. The van der Waals surface area contributed by atoms with Gasteiger partial charge in [0, 0.05) is 11.3 Å². The second-order valence-electron chi connectivity index (χ2n) is 4.68. The van der Waals surface area contributed by atoms with Crippen molar-refractivity contribution in [2.24, 2.45) is 5.16 Å². The van der Waals surface area contributed by atoms with Crippen LogP contribution in [0.4, 0.5) is 13.2 Å². The van der Waals surface area contributed by atoms with Gasteiger partial charge in [0.25, 0.3) is 0 Å². The van der Waals surface area contributed by atoms with Crippen molar-refractivity contribution >= 4 is 23.0 Å². The van der Waals surface area contributed by atoms with Gasteiger partial charge < -0.3 is 10.3 Å². The maximum absolute atomic E-state index is 12.6. The Balaban J connectivity index is 2.19. The van der Waals surface area contributed by atoms with E-state index in [1.807, 2.05) is 0 Å². The molecule has 2 aromatic rings. The van der Waals surface area contributed by atoms with Crippen molar-refractivity contribution in [2.75, 3.05) is 0 Å². The predicted octanol–water partition coefficient (Wildman–Crippen LogP) is 4.48. The van der Waals surface area contributed by atoms with Gasteiger partial charge in [-0.25, -0.2) is 0 Å². The molecule has 1 aromatic carbocycles. The number of benzene rings is 1. The van der Waals surface area contributed by atoms with E-state index in [0.29, 0.717) is 27.3 Å². The highest BCUT2D eigenvalue weighted by atomic mass is 32.1. The highest BCUT2D eigenvalue weighted by Crippen LogP contribution is 2.38. The molecule has 0 spiro atoms. The molecule has 23 heavy (non-hydrogen) atoms. The van der Waals surface area contributed by atoms with E-state index < -0.39 is 17.0 Å². The second kappa shape index (κ2) is 6.82. The number of thiophene rings is 1. The van der Waals surface area contributed by atoms with Gasteiger partial charge in [-0.2, -0.15) is 13.2 Å². The third kappa shape index (κ3) is 4.32. The van der Waals surface area contributed by atoms with Gasteiger partial charge >= 0.3 is 12.1 Å². The first kappa shape index (κ1) is 17.0. The van der Waals surface area contributed by atoms with Gasteiger partial charge in [-0.1, -0.05) is 29.4 Å². The largest absolute Gasteiger partial charge is 0.481 e. The highest BCUT2D eigenvalue weighted by Gasteiger charge is 2.32. The Bertz CT molecular complexity index is 720. The zero-order chi connectivity index (χ0) is 17.0. The van der Waals surface area contributed by atoms with Gasteiger partial charge in [0.1, 0.15) is 4.88 Å². The number of halogens is 3. The Morgan fingerprint density at radius 3 is 2.22 bits per heavy atom. The van der Waals surface area contributed by atoms with Gasteiger partial charge in [0.05, 0.1) is 12.1 Å². The number of aliphatic carboxylic acids is 1. The van der Waals surface area contributed by atoms with Gasteiger partial charge in [-0.3, -0.25) is 4.79 Å². The van der Waals surface area contributed by atoms with Crippen molar-refractivity contribution in [2.45, 2.75) is 19.0 Å². The minimum Gasteiger partial charge on any atom is -0.481 e. The molecule has 0 aliphatic heterocycles. The Hall–Kier alpha value is -2.35. The van der Waals surface area contributed by atoms with Crippen LogP contribution in [0.25, 0.3) is 10.4 Å². The molecular weight excluding hydrogens is 331 g/mol. The van der Waals surface area contributed by atoms with Crippen LogP contribution in [0, 0.1) is 0 Å². The number of hydrogen-bond donors (Lipinski definition) is 2. The molecule has 4 nitrogen and oxygen atoms in total. The summed E-state index contributed by atoms with van der Waals surface area (Å²) in [6.45, 7) is 0. The van der Waals surface area contributed by atoms with Crippen molar-refractivity contribution in [1.82, 2.24) is 0 Å². The van der Waals surface area contributed by atoms with E-state index in [4.69, 9.17) is 10.3 Å². The van der Waals surface area contributed by atoms with Crippen LogP contribution in [0.2, 0.25) is 0 Å². The summed E-state index contributed by atoms with van der Waals surface area (Å²) in [4.78, 5) is 10.3. The monoisotopic (exact) mass is 343 g/mol. The number of carboxylic acids is 1. The van der Waals surface area contributed by atoms with E-state index in [0.717, 1.165) is 6.07 Å². The van der Waals surface area contributed by atoms with Crippen molar-refractivity contribution in [3.63, 3.8) is 0 Å². The summed E-state index contributed by atoms with van der Waals surface area (Å²) in [5.74, 6) is -1.01. The van der Waals surface area contributed by atoms with E-state index in [9.17, 15) is 18.0 Å². The van der Waals surface area contributed by atoms with Gasteiger partial charge in [-0.05, 0) is 23.3 Å². The molecule has 0 aliphatic carbocycles. The molecule has 1 aromatic heterocycles. The van der Waals surface area contributed by atoms with Crippen LogP contribution in [0.15, 0.2) is 41.6 Å². The average Bonchev–Trinajstić information content (AvgIpc) is 2.98. The lowest BCUT2D eigenvalue weighted by Crippen LogP contribution is -2.05. The normalized spacial score (nSPS) is 12.4. The zero-order valence-corrected chi connectivity index (χ0v) is 12.5. The van der Waals surface area contributed by atoms with Crippen molar-refractivity contribution in [3.8, 4) is 10.4 Å². The molecule has 0 aliphatic rings. The molecule has 0 radical (unpaired) electrons. The summed E-state index contributed by atoms with van der Waals surface area (Å²) >= 11 is 0.645.